The van der Waals surface area contributed by atoms with Crippen LogP contribution < -0.4 is 5.32 Å². The van der Waals surface area contributed by atoms with E-state index >= 15 is 0 Å². The molecule has 0 saturated heterocycles. The topological polar surface area (TPSA) is 29.1 Å². The second kappa shape index (κ2) is 5.38. The van der Waals surface area contributed by atoms with Crippen LogP contribution in [-0.4, -0.2) is 11.9 Å². The summed E-state index contributed by atoms with van der Waals surface area (Å²) < 4.78 is 0. The lowest BCUT2D eigenvalue weighted by Gasteiger charge is -2.18. The van der Waals surface area contributed by atoms with E-state index in [9.17, 15) is 4.79 Å². The monoisotopic (exact) mass is 197 g/mol. The molecule has 2 heteroatoms. The van der Waals surface area contributed by atoms with Gasteiger partial charge in [-0.15, -0.1) is 0 Å². The zero-order chi connectivity index (χ0) is 10.6. The van der Waals surface area contributed by atoms with Crippen molar-refractivity contribution >= 4 is 5.91 Å². The second-order valence-corrected chi connectivity index (χ2v) is 5.02. The molecule has 14 heavy (non-hydrogen) atoms. The molecular formula is C12H23NO. The Labute approximate surface area is 87.5 Å². The summed E-state index contributed by atoms with van der Waals surface area (Å²) >= 11 is 0. The minimum atomic E-state index is 0.288. The van der Waals surface area contributed by atoms with Gasteiger partial charge in [-0.1, -0.05) is 26.7 Å². The van der Waals surface area contributed by atoms with Gasteiger partial charge in [-0.25, -0.2) is 0 Å². The molecule has 1 amide bonds. The molecule has 1 aliphatic rings. The van der Waals surface area contributed by atoms with Crippen LogP contribution in [0.4, 0.5) is 0 Å². The molecule has 0 bridgehead atoms. The van der Waals surface area contributed by atoms with E-state index in [0.29, 0.717) is 17.9 Å². The first-order chi connectivity index (χ1) is 6.59. The molecule has 0 heterocycles. The Hall–Kier alpha value is -0.530. The number of carbonyl (C=O) groups is 1. The van der Waals surface area contributed by atoms with Crippen molar-refractivity contribution in [2.24, 2.45) is 11.8 Å². The lowest BCUT2D eigenvalue weighted by Crippen LogP contribution is -2.37. The van der Waals surface area contributed by atoms with Gasteiger partial charge >= 0.3 is 0 Å². The van der Waals surface area contributed by atoms with Gasteiger partial charge in [-0.3, -0.25) is 4.79 Å². The van der Waals surface area contributed by atoms with Gasteiger partial charge < -0.3 is 5.32 Å². The van der Waals surface area contributed by atoms with Gasteiger partial charge in [-0.2, -0.15) is 0 Å². The van der Waals surface area contributed by atoms with Gasteiger partial charge in [0, 0.05) is 12.0 Å². The molecule has 1 rings (SSSR count). The average molecular weight is 197 g/mol. The summed E-state index contributed by atoms with van der Waals surface area (Å²) in [6, 6.07) is 0.336. The third-order valence-corrected chi connectivity index (χ3v) is 2.94. The van der Waals surface area contributed by atoms with Gasteiger partial charge in [0.1, 0.15) is 0 Å². The molecule has 1 N–H and O–H groups in total. The van der Waals surface area contributed by atoms with E-state index < -0.39 is 0 Å². The number of amides is 1. The third kappa shape index (κ3) is 3.69. The summed E-state index contributed by atoms with van der Waals surface area (Å²) in [7, 11) is 0. The summed E-state index contributed by atoms with van der Waals surface area (Å²) in [5, 5.41) is 3.11. The van der Waals surface area contributed by atoms with Gasteiger partial charge in [-0.05, 0) is 32.1 Å². The lowest BCUT2D eigenvalue weighted by atomic mass is 10.0. The maximum absolute atomic E-state index is 11.7. The molecule has 1 atom stereocenters. The second-order valence-electron chi connectivity index (χ2n) is 5.02. The van der Waals surface area contributed by atoms with Crippen LogP contribution in [0.2, 0.25) is 0 Å². The van der Waals surface area contributed by atoms with Crippen molar-refractivity contribution in [3.63, 3.8) is 0 Å². The number of hydrogen-bond acceptors (Lipinski definition) is 1. The normalized spacial score (nSPS) is 20.0. The smallest absolute Gasteiger partial charge is 0.223 e. The summed E-state index contributed by atoms with van der Waals surface area (Å²) in [6.45, 7) is 6.49. The first kappa shape index (κ1) is 11.5. The van der Waals surface area contributed by atoms with E-state index in [1.54, 1.807) is 0 Å². The van der Waals surface area contributed by atoms with Crippen LogP contribution in [0.5, 0.6) is 0 Å². The molecule has 82 valence electrons. The Balaban J connectivity index is 2.25. The summed E-state index contributed by atoms with van der Waals surface area (Å²) in [4.78, 5) is 11.7. The standard InChI is InChI=1S/C12H23NO/c1-9(2)8-10(3)13-12(14)11-6-4-5-7-11/h9-11H,4-8H2,1-3H3,(H,13,14)/t10-/m0/s1. The zero-order valence-electron chi connectivity index (χ0n) is 9.68. The van der Waals surface area contributed by atoms with Crippen LogP contribution in [0.3, 0.4) is 0 Å². The van der Waals surface area contributed by atoms with E-state index in [1.165, 1.54) is 12.8 Å². The molecule has 1 aliphatic carbocycles. The number of nitrogens with one attached hydrogen (secondary N) is 1. The fraction of sp³-hybridized carbons (Fsp3) is 0.917. The SMILES string of the molecule is CC(C)C[C@H](C)NC(=O)C1CCCC1. The minimum Gasteiger partial charge on any atom is -0.353 e. The average Bonchev–Trinajstić information content (AvgIpc) is 2.53. The molecule has 0 spiro atoms. The van der Waals surface area contributed by atoms with Crippen molar-refractivity contribution in [3.8, 4) is 0 Å². The van der Waals surface area contributed by atoms with Crippen LogP contribution in [0.25, 0.3) is 0 Å². The maximum atomic E-state index is 11.7. The highest BCUT2D eigenvalue weighted by Gasteiger charge is 2.23. The van der Waals surface area contributed by atoms with Gasteiger partial charge in [0.15, 0.2) is 0 Å². The first-order valence-corrected chi connectivity index (χ1v) is 5.90. The highest BCUT2D eigenvalue weighted by atomic mass is 16.1. The van der Waals surface area contributed by atoms with Crippen LogP contribution in [0.1, 0.15) is 52.9 Å². The molecule has 0 aromatic heterocycles. The van der Waals surface area contributed by atoms with Crippen LogP contribution in [-0.2, 0) is 4.79 Å². The minimum absolute atomic E-state index is 0.288. The van der Waals surface area contributed by atoms with Crippen LogP contribution in [0, 0.1) is 11.8 Å². The highest BCUT2D eigenvalue weighted by molar-refractivity contribution is 5.79. The van der Waals surface area contributed by atoms with Crippen molar-refractivity contribution in [1.29, 1.82) is 0 Å². The van der Waals surface area contributed by atoms with Crippen molar-refractivity contribution in [3.05, 3.63) is 0 Å². The fourth-order valence-electron chi connectivity index (χ4n) is 2.31. The number of hydrogen-bond donors (Lipinski definition) is 1. The molecule has 0 aromatic rings. The molecule has 0 unspecified atom stereocenters. The largest absolute Gasteiger partial charge is 0.353 e. The van der Waals surface area contributed by atoms with Crippen LogP contribution in [0.15, 0.2) is 0 Å². The predicted octanol–water partition coefficient (Wildman–Crippen LogP) is 2.73. The van der Waals surface area contributed by atoms with Crippen molar-refractivity contribution in [2.45, 2.75) is 58.9 Å². The van der Waals surface area contributed by atoms with Gasteiger partial charge in [0.05, 0.1) is 0 Å². The molecule has 0 aromatic carbocycles. The van der Waals surface area contributed by atoms with E-state index in [1.807, 2.05) is 0 Å². The highest BCUT2D eigenvalue weighted by Crippen LogP contribution is 2.24. The summed E-state index contributed by atoms with van der Waals surface area (Å²) in [5.41, 5.74) is 0. The molecule has 2 nitrogen and oxygen atoms in total. The van der Waals surface area contributed by atoms with Gasteiger partial charge in [0.25, 0.3) is 0 Å². The number of carbonyl (C=O) groups excluding carboxylic acids is 1. The predicted molar refractivity (Wildman–Crippen MR) is 59.0 cm³/mol. The molecule has 0 radical (unpaired) electrons. The van der Waals surface area contributed by atoms with Crippen molar-refractivity contribution in [1.82, 2.24) is 5.32 Å². The zero-order valence-corrected chi connectivity index (χ0v) is 9.68. The molecule has 1 fully saturated rings. The quantitative estimate of drug-likeness (QED) is 0.737. The summed E-state index contributed by atoms with van der Waals surface area (Å²) in [6.07, 6.45) is 5.74. The lowest BCUT2D eigenvalue weighted by molar-refractivity contribution is -0.125. The number of rotatable bonds is 4. The Morgan fingerprint density at radius 2 is 1.86 bits per heavy atom. The van der Waals surface area contributed by atoms with Crippen molar-refractivity contribution < 1.29 is 4.79 Å². The van der Waals surface area contributed by atoms with E-state index in [2.05, 4.69) is 26.1 Å². The van der Waals surface area contributed by atoms with E-state index in [4.69, 9.17) is 0 Å². The Kier molecular flexibility index (Phi) is 4.43. The van der Waals surface area contributed by atoms with Crippen molar-refractivity contribution in [2.75, 3.05) is 0 Å². The first-order valence-electron chi connectivity index (χ1n) is 5.90. The molecule has 0 aliphatic heterocycles. The maximum Gasteiger partial charge on any atom is 0.223 e. The fourth-order valence-corrected chi connectivity index (χ4v) is 2.31. The molecular weight excluding hydrogens is 174 g/mol. The van der Waals surface area contributed by atoms with E-state index in [0.717, 1.165) is 19.3 Å². The summed E-state index contributed by atoms with van der Waals surface area (Å²) in [5.74, 6) is 1.26. The Morgan fingerprint density at radius 1 is 1.29 bits per heavy atom. The van der Waals surface area contributed by atoms with E-state index in [-0.39, 0.29) is 5.91 Å². The third-order valence-electron chi connectivity index (χ3n) is 2.94. The van der Waals surface area contributed by atoms with Crippen LogP contribution >= 0.6 is 0 Å². The Bertz CT molecular complexity index is 183. The molecule has 1 saturated carbocycles. The van der Waals surface area contributed by atoms with Gasteiger partial charge in [0.2, 0.25) is 5.91 Å². The Morgan fingerprint density at radius 3 is 2.36 bits per heavy atom.